The molecule has 1 aromatic carbocycles. The molecule has 0 bridgehead atoms. The van der Waals surface area contributed by atoms with Crippen molar-refractivity contribution >= 4 is 17.3 Å². The smallest absolute Gasteiger partial charge is 0.293 e. The second-order valence-electron chi connectivity index (χ2n) is 5.49. The lowest BCUT2D eigenvalue weighted by Gasteiger charge is -2.38. The van der Waals surface area contributed by atoms with Gasteiger partial charge in [-0.2, -0.15) is 0 Å². The molecule has 2 unspecified atom stereocenters. The predicted molar refractivity (Wildman–Crippen MR) is 79.8 cm³/mol. The Morgan fingerprint density at radius 1 is 1.48 bits per heavy atom. The Kier molecular flexibility index (Phi) is 4.42. The molecule has 1 aromatic rings. The van der Waals surface area contributed by atoms with Gasteiger partial charge in [-0.25, -0.2) is 0 Å². The Labute approximate surface area is 123 Å². The average molecular weight is 292 g/mol. The first kappa shape index (κ1) is 15.2. The molecular weight excluding hydrogens is 272 g/mol. The molecule has 1 aliphatic rings. The number of benzene rings is 1. The van der Waals surface area contributed by atoms with Gasteiger partial charge >= 0.3 is 0 Å². The number of nitrogen functional groups attached to an aromatic ring is 1. The van der Waals surface area contributed by atoms with E-state index in [-0.39, 0.29) is 23.3 Å². The molecule has 0 radical (unpaired) electrons. The van der Waals surface area contributed by atoms with Gasteiger partial charge in [-0.3, -0.25) is 20.8 Å². The predicted octanol–water partition coefficient (Wildman–Crippen LogP) is 2.14. The third-order valence-electron chi connectivity index (χ3n) is 4.23. The maximum absolute atomic E-state index is 12.6. The van der Waals surface area contributed by atoms with Crippen molar-refractivity contribution in [3.8, 4) is 0 Å². The van der Waals surface area contributed by atoms with E-state index < -0.39 is 4.92 Å². The van der Waals surface area contributed by atoms with Crippen molar-refractivity contribution in [1.29, 1.82) is 0 Å². The maximum Gasteiger partial charge on any atom is 0.293 e. The molecule has 0 spiro atoms. The number of nitrogens with one attached hydrogen (secondary N) is 1. The van der Waals surface area contributed by atoms with Crippen LogP contribution in [0.1, 0.15) is 37.0 Å². The molecule has 0 aromatic heterocycles. The molecule has 0 saturated carbocycles. The Morgan fingerprint density at radius 3 is 2.81 bits per heavy atom. The number of rotatable bonds is 3. The van der Waals surface area contributed by atoms with E-state index in [2.05, 4.69) is 12.3 Å². The van der Waals surface area contributed by atoms with E-state index in [4.69, 9.17) is 5.84 Å². The molecule has 21 heavy (non-hydrogen) atoms. The van der Waals surface area contributed by atoms with Crippen LogP contribution in [0, 0.1) is 16.0 Å². The number of anilines is 1. The normalized spacial score (nSPS) is 22.0. The molecule has 114 valence electrons. The first-order valence-electron chi connectivity index (χ1n) is 7.01. The van der Waals surface area contributed by atoms with Gasteiger partial charge in [-0.05, 0) is 37.8 Å². The summed E-state index contributed by atoms with van der Waals surface area (Å²) in [5.41, 5.74) is 2.69. The third-order valence-corrected chi connectivity index (χ3v) is 4.23. The molecule has 1 heterocycles. The van der Waals surface area contributed by atoms with Gasteiger partial charge in [0, 0.05) is 24.2 Å². The van der Waals surface area contributed by atoms with Crippen molar-refractivity contribution in [2.24, 2.45) is 11.8 Å². The number of carbonyl (C=O) groups excluding carboxylic acids is 1. The Morgan fingerprint density at radius 2 is 2.19 bits per heavy atom. The van der Waals surface area contributed by atoms with Crippen molar-refractivity contribution in [3.05, 3.63) is 33.9 Å². The lowest BCUT2D eigenvalue weighted by Crippen LogP contribution is -2.46. The van der Waals surface area contributed by atoms with Crippen LogP contribution in [0.25, 0.3) is 0 Å². The van der Waals surface area contributed by atoms with Crippen LogP contribution in [0.4, 0.5) is 11.4 Å². The van der Waals surface area contributed by atoms with E-state index in [0.29, 0.717) is 18.0 Å². The van der Waals surface area contributed by atoms with Crippen LogP contribution in [-0.4, -0.2) is 28.3 Å². The average Bonchev–Trinajstić information content (AvgIpc) is 2.48. The number of nitrogens with two attached hydrogens (primary N) is 1. The molecule has 1 amide bonds. The second kappa shape index (κ2) is 6.09. The minimum absolute atomic E-state index is 0.111. The van der Waals surface area contributed by atoms with Gasteiger partial charge in [0.25, 0.3) is 11.6 Å². The van der Waals surface area contributed by atoms with E-state index in [1.165, 1.54) is 18.2 Å². The van der Waals surface area contributed by atoms with Gasteiger partial charge in [-0.1, -0.05) is 6.92 Å². The minimum Gasteiger partial charge on any atom is -0.336 e. The zero-order chi connectivity index (χ0) is 15.6. The number of nitrogens with zero attached hydrogens (tertiary/aromatic N) is 2. The van der Waals surface area contributed by atoms with E-state index >= 15 is 0 Å². The fourth-order valence-electron chi connectivity index (χ4n) is 2.73. The number of likely N-dealkylation sites (tertiary alicyclic amines) is 1. The molecule has 0 aliphatic carbocycles. The maximum atomic E-state index is 12.6. The summed E-state index contributed by atoms with van der Waals surface area (Å²) in [6.45, 7) is 4.88. The largest absolute Gasteiger partial charge is 0.336 e. The van der Waals surface area contributed by atoms with Crippen molar-refractivity contribution in [1.82, 2.24) is 4.90 Å². The Hall–Kier alpha value is -2.15. The van der Waals surface area contributed by atoms with Crippen LogP contribution in [0.2, 0.25) is 0 Å². The van der Waals surface area contributed by atoms with Crippen LogP contribution in [-0.2, 0) is 0 Å². The second-order valence-corrected chi connectivity index (χ2v) is 5.49. The number of hydrogen-bond acceptors (Lipinski definition) is 5. The van der Waals surface area contributed by atoms with Crippen LogP contribution in [0.5, 0.6) is 0 Å². The zero-order valence-corrected chi connectivity index (χ0v) is 12.2. The summed E-state index contributed by atoms with van der Waals surface area (Å²) >= 11 is 0. The Bertz CT molecular complexity index is 561. The molecule has 7 nitrogen and oxygen atoms in total. The van der Waals surface area contributed by atoms with Gasteiger partial charge in [-0.15, -0.1) is 0 Å². The first-order chi connectivity index (χ1) is 9.95. The summed E-state index contributed by atoms with van der Waals surface area (Å²) in [6.07, 6.45) is 2.09. The molecule has 1 aliphatic heterocycles. The van der Waals surface area contributed by atoms with E-state index in [0.717, 1.165) is 12.8 Å². The quantitative estimate of drug-likeness (QED) is 0.505. The highest BCUT2D eigenvalue weighted by Gasteiger charge is 2.29. The van der Waals surface area contributed by atoms with Gasteiger partial charge in [0.05, 0.1) is 4.92 Å². The summed E-state index contributed by atoms with van der Waals surface area (Å²) in [5, 5.41) is 10.9. The number of amides is 1. The molecule has 7 heteroatoms. The van der Waals surface area contributed by atoms with Crippen molar-refractivity contribution in [3.63, 3.8) is 0 Å². The topological polar surface area (TPSA) is 102 Å². The number of carbonyl (C=O) groups is 1. The highest BCUT2D eigenvalue weighted by Crippen LogP contribution is 2.28. The third kappa shape index (κ3) is 2.97. The van der Waals surface area contributed by atoms with Crippen LogP contribution < -0.4 is 11.3 Å². The minimum atomic E-state index is -0.533. The van der Waals surface area contributed by atoms with Crippen LogP contribution in [0.15, 0.2) is 18.2 Å². The zero-order valence-electron chi connectivity index (χ0n) is 12.2. The molecular formula is C14H20N4O3. The lowest BCUT2D eigenvalue weighted by atomic mass is 9.91. The van der Waals surface area contributed by atoms with E-state index in [9.17, 15) is 14.9 Å². The number of nitro groups is 1. The fourth-order valence-corrected chi connectivity index (χ4v) is 2.73. The highest BCUT2D eigenvalue weighted by atomic mass is 16.6. The standard InChI is InChI=1S/C14H20N4O3/c1-9-4-3-7-17(10(9)2)14(19)11-5-6-13(18(20)21)12(8-11)16-15/h5-6,8-10,16H,3-4,7,15H2,1-2H3. The van der Waals surface area contributed by atoms with Crippen LogP contribution in [0.3, 0.4) is 0 Å². The SMILES string of the molecule is CC1CCCN(C(=O)c2ccc([N+](=O)[O-])c(NN)c2)C1C. The highest BCUT2D eigenvalue weighted by molar-refractivity contribution is 5.96. The number of hydrazine groups is 1. The first-order valence-corrected chi connectivity index (χ1v) is 7.01. The van der Waals surface area contributed by atoms with Crippen molar-refractivity contribution in [2.75, 3.05) is 12.0 Å². The molecule has 1 saturated heterocycles. The number of nitro benzene ring substituents is 1. The monoisotopic (exact) mass is 292 g/mol. The summed E-state index contributed by atoms with van der Waals surface area (Å²) in [4.78, 5) is 24.8. The lowest BCUT2D eigenvalue weighted by molar-refractivity contribution is -0.384. The van der Waals surface area contributed by atoms with E-state index in [1.54, 1.807) is 0 Å². The van der Waals surface area contributed by atoms with Gasteiger partial charge < -0.3 is 10.3 Å². The molecule has 3 N–H and O–H groups in total. The summed E-state index contributed by atoms with van der Waals surface area (Å²) in [6, 6.07) is 4.39. The number of piperidine rings is 1. The summed E-state index contributed by atoms with van der Waals surface area (Å²) < 4.78 is 0. The fraction of sp³-hybridized carbons (Fsp3) is 0.500. The molecule has 2 rings (SSSR count). The summed E-state index contributed by atoms with van der Waals surface area (Å²) in [7, 11) is 0. The van der Waals surface area contributed by atoms with Gasteiger partial charge in [0.1, 0.15) is 5.69 Å². The van der Waals surface area contributed by atoms with Gasteiger partial charge in [0.2, 0.25) is 0 Å². The Balaban J connectivity index is 2.29. The molecule has 2 atom stereocenters. The van der Waals surface area contributed by atoms with Crippen molar-refractivity contribution in [2.45, 2.75) is 32.7 Å². The van der Waals surface area contributed by atoms with Crippen molar-refractivity contribution < 1.29 is 9.72 Å². The van der Waals surface area contributed by atoms with E-state index in [1.807, 2.05) is 11.8 Å². The summed E-state index contributed by atoms with van der Waals surface area (Å²) in [5.74, 6) is 5.65. The van der Waals surface area contributed by atoms with Crippen LogP contribution >= 0.6 is 0 Å². The number of hydrogen-bond donors (Lipinski definition) is 2. The van der Waals surface area contributed by atoms with Gasteiger partial charge in [0.15, 0.2) is 0 Å². The molecule has 1 fully saturated rings.